The smallest absolute Gasteiger partial charge is 0.212 e. The van der Waals surface area contributed by atoms with Gasteiger partial charge < -0.3 is 10.4 Å². The summed E-state index contributed by atoms with van der Waals surface area (Å²) in [7, 11) is 0. The molecule has 0 saturated carbocycles. The minimum Gasteiger partial charge on any atom is -0.387 e. The normalized spacial score (nSPS) is 19.5. The maximum absolute atomic E-state index is 12.4. The summed E-state index contributed by atoms with van der Waals surface area (Å²) in [4.78, 5) is 3.52. The molecule has 1 fully saturated rings. The molecule has 1 aromatic rings. The molecule has 3 nitrogen and oxygen atoms in total. The lowest BCUT2D eigenvalue weighted by Gasteiger charge is -2.37. The van der Waals surface area contributed by atoms with Crippen LogP contribution >= 0.6 is 0 Å². The predicted molar refractivity (Wildman–Crippen MR) is 45.7 cm³/mol. The Hall–Kier alpha value is -1.00. The van der Waals surface area contributed by atoms with Crippen molar-refractivity contribution in [3.8, 4) is 0 Å². The molecule has 4 heteroatoms. The highest BCUT2D eigenvalue weighted by atomic mass is 19.1. The van der Waals surface area contributed by atoms with E-state index in [0.29, 0.717) is 19.5 Å². The summed E-state index contributed by atoms with van der Waals surface area (Å²) in [5, 5.41) is 12.7. The van der Waals surface area contributed by atoms with Gasteiger partial charge in [0, 0.05) is 25.7 Å². The molecular weight excluding hydrogens is 171 g/mol. The molecule has 0 bridgehead atoms. The van der Waals surface area contributed by atoms with Crippen molar-refractivity contribution in [1.82, 2.24) is 10.3 Å². The molecule has 0 radical (unpaired) electrons. The van der Waals surface area contributed by atoms with Gasteiger partial charge >= 0.3 is 0 Å². The summed E-state index contributed by atoms with van der Waals surface area (Å²) in [6, 6.07) is 2.96. The fourth-order valence-electron chi connectivity index (χ4n) is 1.43. The van der Waals surface area contributed by atoms with Gasteiger partial charge in [-0.05, 0) is 11.6 Å². The second kappa shape index (κ2) is 3.05. The number of aliphatic hydroxyl groups is 1. The number of nitrogens with one attached hydrogen (secondary N) is 1. The van der Waals surface area contributed by atoms with Crippen LogP contribution in [0, 0.1) is 5.95 Å². The Balaban J connectivity index is 2.05. The summed E-state index contributed by atoms with van der Waals surface area (Å²) in [6.07, 6.45) is 2.00. The monoisotopic (exact) mass is 182 g/mol. The third kappa shape index (κ3) is 1.84. The predicted octanol–water partition coefficient (Wildman–Crippen LogP) is 0.0975. The first-order valence-corrected chi connectivity index (χ1v) is 4.22. The summed E-state index contributed by atoms with van der Waals surface area (Å²) in [5.41, 5.74) is 0.213. The van der Waals surface area contributed by atoms with Crippen molar-refractivity contribution in [3.05, 3.63) is 29.8 Å². The van der Waals surface area contributed by atoms with Gasteiger partial charge in [-0.15, -0.1) is 0 Å². The van der Waals surface area contributed by atoms with Crippen molar-refractivity contribution in [2.45, 2.75) is 12.0 Å². The first kappa shape index (κ1) is 8.59. The Morgan fingerprint density at radius 3 is 2.77 bits per heavy atom. The summed E-state index contributed by atoms with van der Waals surface area (Å²) in [5.74, 6) is -0.484. The zero-order valence-corrected chi connectivity index (χ0v) is 7.13. The highest BCUT2D eigenvalue weighted by molar-refractivity contribution is 5.14. The molecule has 2 heterocycles. The van der Waals surface area contributed by atoms with E-state index in [4.69, 9.17) is 0 Å². The molecular formula is C9H11FN2O. The quantitative estimate of drug-likeness (QED) is 0.637. The molecule has 2 rings (SSSR count). The molecule has 1 aliphatic rings. The Kier molecular flexibility index (Phi) is 2.01. The van der Waals surface area contributed by atoms with E-state index < -0.39 is 11.5 Å². The number of aromatic nitrogens is 1. The van der Waals surface area contributed by atoms with Crippen LogP contribution in [0.4, 0.5) is 4.39 Å². The van der Waals surface area contributed by atoms with Crippen LogP contribution in [0.25, 0.3) is 0 Å². The lowest BCUT2D eigenvalue weighted by Crippen LogP contribution is -2.60. The lowest BCUT2D eigenvalue weighted by molar-refractivity contribution is -0.00910. The third-order valence-electron chi connectivity index (χ3n) is 2.23. The number of rotatable bonds is 2. The van der Waals surface area contributed by atoms with Crippen LogP contribution in [0.2, 0.25) is 0 Å². The highest BCUT2D eigenvalue weighted by Crippen LogP contribution is 2.16. The van der Waals surface area contributed by atoms with Crippen molar-refractivity contribution < 1.29 is 9.50 Å². The van der Waals surface area contributed by atoms with E-state index in [1.807, 2.05) is 0 Å². The minimum absolute atomic E-state index is 0.484. The van der Waals surface area contributed by atoms with E-state index in [0.717, 1.165) is 5.56 Å². The van der Waals surface area contributed by atoms with Gasteiger partial charge in [-0.2, -0.15) is 4.39 Å². The largest absolute Gasteiger partial charge is 0.387 e. The number of hydrogen-bond acceptors (Lipinski definition) is 3. The Bertz CT molecular complexity index is 295. The van der Waals surface area contributed by atoms with Gasteiger partial charge in [0.15, 0.2) is 0 Å². The van der Waals surface area contributed by atoms with E-state index in [2.05, 4.69) is 10.3 Å². The summed E-state index contributed by atoms with van der Waals surface area (Å²) >= 11 is 0. The SMILES string of the molecule is OC1(Cc2ccc(F)nc2)CNC1. The zero-order chi connectivity index (χ0) is 9.31. The van der Waals surface area contributed by atoms with Crippen molar-refractivity contribution in [3.63, 3.8) is 0 Å². The lowest BCUT2D eigenvalue weighted by atomic mass is 9.90. The number of β-amino-alcohol motifs (C(OH)–C–C–N with tert-alkyl or cyclic N) is 1. The van der Waals surface area contributed by atoms with Gasteiger partial charge in [-0.3, -0.25) is 0 Å². The van der Waals surface area contributed by atoms with Gasteiger partial charge in [0.25, 0.3) is 0 Å². The average Bonchev–Trinajstić information content (AvgIpc) is 2.06. The van der Waals surface area contributed by atoms with Crippen molar-refractivity contribution in [2.75, 3.05) is 13.1 Å². The molecule has 70 valence electrons. The van der Waals surface area contributed by atoms with E-state index in [-0.39, 0.29) is 0 Å². The van der Waals surface area contributed by atoms with E-state index in [9.17, 15) is 9.50 Å². The fourth-order valence-corrected chi connectivity index (χ4v) is 1.43. The number of pyridine rings is 1. The minimum atomic E-state index is -0.653. The molecule has 0 unspecified atom stereocenters. The van der Waals surface area contributed by atoms with Gasteiger partial charge in [-0.1, -0.05) is 6.07 Å². The molecule has 0 spiro atoms. The molecule has 2 N–H and O–H groups in total. The van der Waals surface area contributed by atoms with Crippen LogP contribution in [0.3, 0.4) is 0 Å². The first-order valence-electron chi connectivity index (χ1n) is 4.22. The van der Waals surface area contributed by atoms with Gasteiger partial charge in [0.05, 0.1) is 5.60 Å². The second-order valence-corrected chi connectivity index (χ2v) is 3.49. The van der Waals surface area contributed by atoms with Crippen LogP contribution in [-0.4, -0.2) is 28.8 Å². The van der Waals surface area contributed by atoms with Crippen LogP contribution in [-0.2, 0) is 6.42 Å². The van der Waals surface area contributed by atoms with Crippen molar-refractivity contribution in [1.29, 1.82) is 0 Å². The summed E-state index contributed by atoms with van der Waals surface area (Å²) < 4.78 is 12.4. The average molecular weight is 182 g/mol. The fraction of sp³-hybridized carbons (Fsp3) is 0.444. The second-order valence-electron chi connectivity index (χ2n) is 3.49. The number of hydrogen-bond donors (Lipinski definition) is 2. The first-order chi connectivity index (χ1) is 6.18. The van der Waals surface area contributed by atoms with Crippen molar-refractivity contribution >= 4 is 0 Å². The van der Waals surface area contributed by atoms with Gasteiger partial charge in [-0.25, -0.2) is 4.98 Å². The van der Waals surface area contributed by atoms with Crippen LogP contribution in [0.1, 0.15) is 5.56 Å². The van der Waals surface area contributed by atoms with Gasteiger partial charge in [0.2, 0.25) is 5.95 Å². The molecule has 13 heavy (non-hydrogen) atoms. The van der Waals surface area contributed by atoms with Crippen LogP contribution in [0.5, 0.6) is 0 Å². The van der Waals surface area contributed by atoms with Crippen LogP contribution < -0.4 is 5.32 Å². The summed E-state index contributed by atoms with van der Waals surface area (Å²) in [6.45, 7) is 1.20. The van der Waals surface area contributed by atoms with E-state index >= 15 is 0 Å². The highest BCUT2D eigenvalue weighted by Gasteiger charge is 2.34. The maximum Gasteiger partial charge on any atom is 0.212 e. The van der Waals surface area contributed by atoms with Crippen molar-refractivity contribution in [2.24, 2.45) is 0 Å². The molecule has 1 saturated heterocycles. The third-order valence-corrected chi connectivity index (χ3v) is 2.23. The van der Waals surface area contributed by atoms with Crippen LogP contribution in [0.15, 0.2) is 18.3 Å². The molecule has 0 aliphatic carbocycles. The molecule has 0 amide bonds. The standard InChI is InChI=1S/C9H11FN2O/c10-8-2-1-7(4-12-8)3-9(13)5-11-6-9/h1-2,4,11,13H,3,5-6H2. The topological polar surface area (TPSA) is 45.2 Å². The Labute approximate surface area is 75.6 Å². The van der Waals surface area contributed by atoms with Gasteiger partial charge in [0.1, 0.15) is 0 Å². The Morgan fingerprint density at radius 2 is 2.31 bits per heavy atom. The number of nitrogens with zero attached hydrogens (tertiary/aromatic N) is 1. The van der Waals surface area contributed by atoms with E-state index in [1.165, 1.54) is 12.3 Å². The molecule has 0 atom stereocenters. The maximum atomic E-state index is 12.4. The molecule has 1 aromatic heterocycles. The Morgan fingerprint density at radius 1 is 1.54 bits per heavy atom. The number of halogens is 1. The zero-order valence-electron chi connectivity index (χ0n) is 7.13. The molecule has 1 aliphatic heterocycles. The van der Waals surface area contributed by atoms with E-state index in [1.54, 1.807) is 6.07 Å². The molecule has 0 aromatic carbocycles.